The van der Waals surface area contributed by atoms with Crippen LogP contribution in [0, 0.1) is 0 Å². The summed E-state index contributed by atoms with van der Waals surface area (Å²) in [5.41, 5.74) is 5.41. The van der Waals surface area contributed by atoms with Crippen molar-refractivity contribution >= 4 is 11.7 Å². The summed E-state index contributed by atoms with van der Waals surface area (Å²) < 4.78 is 4.92. The molecule has 1 amide bonds. The highest BCUT2D eigenvalue weighted by atomic mass is 16.3. The minimum Gasteiger partial charge on any atom is -0.461 e. The molecule has 0 unspecified atom stereocenters. The molecule has 0 aliphatic carbocycles. The predicted octanol–water partition coefficient (Wildman–Crippen LogP) is 0.268. The van der Waals surface area contributed by atoms with E-state index in [2.05, 4.69) is 0 Å². The zero-order chi connectivity index (χ0) is 11.4. The summed E-state index contributed by atoms with van der Waals surface area (Å²) >= 11 is 0. The van der Waals surface area contributed by atoms with Crippen LogP contribution in [-0.2, 0) is 4.79 Å². The molecule has 1 rings (SSSR count). The molecule has 1 heterocycles. The third-order valence-corrected chi connectivity index (χ3v) is 1.94. The van der Waals surface area contributed by atoms with Crippen LogP contribution >= 0.6 is 0 Å². The molecule has 1 aromatic heterocycles. The number of furan rings is 1. The Bertz CT molecular complexity index is 344. The molecule has 0 aliphatic rings. The smallest absolute Gasteiger partial charge is 0.239 e. The van der Waals surface area contributed by atoms with Crippen LogP contribution < -0.4 is 5.73 Å². The lowest BCUT2D eigenvalue weighted by Crippen LogP contribution is -2.42. The molecule has 1 aromatic rings. The molecule has 0 fully saturated rings. The normalized spacial score (nSPS) is 12.2. The van der Waals surface area contributed by atoms with Gasteiger partial charge in [0.25, 0.3) is 0 Å². The van der Waals surface area contributed by atoms with E-state index in [0.29, 0.717) is 0 Å². The van der Waals surface area contributed by atoms with Gasteiger partial charge in [0.2, 0.25) is 11.7 Å². The minimum absolute atomic E-state index is 0.0200. The molecule has 2 N–H and O–H groups in total. The molecule has 15 heavy (non-hydrogen) atoms. The number of Topliss-reactive ketones (excluding diaryl/α,β-unsaturated/α-hetero) is 1. The second kappa shape index (κ2) is 4.75. The molecule has 0 aliphatic heterocycles. The average Bonchev–Trinajstić information content (AvgIpc) is 2.68. The van der Waals surface area contributed by atoms with Crippen molar-refractivity contribution in [3.8, 4) is 0 Å². The van der Waals surface area contributed by atoms with E-state index in [1.165, 1.54) is 18.2 Å². The molecule has 82 valence electrons. The van der Waals surface area contributed by atoms with Crippen LogP contribution in [0.15, 0.2) is 22.8 Å². The van der Waals surface area contributed by atoms with Crippen LogP contribution in [0.1, 0.15) is 17.5 Å². The highest BCUT2D eigenvalue weighted by Crippen LogP contribution is 2.02. The fourth-order valence-corrected chi connectivity index (χ4v) is 1.16. The van der Waals surface area contributed by atoms with Crippen molar-refractivity contribution in [2.75, 3.05) is 13.6 Å². The van der Waals surface area contributed by atoms with Crippen LogP contribution in [0.3, 0.4) is 0 Å². The Kier molecular flexibility index (Phi) is 3.62. The largest absolute Gasteiger partial charge is 0.461 e. The number of ketones is 1. The van der Waals surface area contributed by atoms with Gasteiger partial charge in [0.1, 0.15) is 0 Å². The Morgan fingerprint density at radius 1 is 1.60 bits per heavy atom. The summed E-state index contributed by atoms with van der Waals surface area (Å²) in [6, 6.07) is 2.59. The summed E-state index contributed by atoms with van der Waals surface area (Å²) in [5.74, 6) is -0.259. The van der Waals surface area contributed by atoms with E-state index >= 15 is 0 Å². The summed E-state index contributed by atoms with van der Waals surface area (Å²) in [4.78, 5) is 24.2. The van der Waals surface area contributed by atoms with Gasteiger partial charge in [-0.3, -0.25) is 9.59 Å². The second-order valence-corrected chi connectivity index (χ2v) is 3.38. The highest BCUT2D eigenvalue weighted by Gasteiger charge is 2.18. The maximum atomic E-state index is 11.5. The summed E-state index contributed by atoms with van der Waals surface area (Å²) in [6.45, 7) is 1.56. The Morgan fingerprint density at radius 2 is 2.27 bits per heavy atom. The molecule has 0 bridgehead atoms. The van der Waals surface area contributed by atoms with E-state index in [1.807, 2.05) is 0 Å². The molecular weight excluding hydrogens is 196 g/mol. The van der Waals surface area contributed by atoms with Crippen LogP contribution in [0.4, 0.5) is 0 Å². The van der Waals surface area contributed by atoms with E-state index in [4.69, 9.17) is 10.2 Å². The zero-order valence-electron chi connectivity index (χ0n) is 8.77. The zero-order valence-corrected chi connectivity index (χ0v) is 8.77. The van der Waals surface area contributed by atoms with Crippen LogP contribution in [0.25, 0.3) is 0 Å². The number of amides is 1. The molecule has 0 saturated carbocycles. The van der Waals surface area contributed by atoms with Gasteiger partial charge in [0.05, 0.1) is 18.8 Å². The number of carbonyl (C=O) groups excluding carboxylic acids is 2. The van der Waals surface area contributed by atoms with Gasteiger partial charge in [0, 0.05) is 7.05 Å². The Balaban J connectivity index is 2.56. The average molecular weight is 210 g/mol. The van der Waals surface area contributed by atoms with Gasteiger partial charge in [-0.25, -0.2) is 0 Å². The summed E-state index contributed by atoms with van der Waals surface area (Å²) in [6.07, 6.45) is 1.42. The third kappa shape index (κ3) is 2.92. The van der Waals surface area contributed by atoms with Gasteiger partial charge in [0.15, 0.2) is 5.76 Å². The van der Waals surface area contributed by atoms with Crippen molar-refractivity contribution in [2.45, 2.75) is 13.0 Å². The fourth-order valence-electron chi connectivity index (χ4n) is 1.16. The lowest BCUT2D eigenvalue weighted by Gasteiger charge is -2.17. The van der Waals surface area contributed by atoms with E-state index in [9.17, 15) is 9.59 Å². The molecule has 5 nitrogen and oxygen atoms in total. The van der Waals surface area contributed by atoms with Crippen LogP contribution in [0.5, 0.6) is 0 Å². The molecule has 0 spiro atoms. The van der Waals surface area contributed by atoms with Gasteiger partial charge in [-0.15, -0.1) is 0 Å². The molecule has 0 aromatic carbocycles. The number of hydrogen-bond donors (Lipinski definition) is 1. The minimum atomic E-state index is -0.598. The van der Waals surface area contributed by atoms with Crippen molar-refractivity contribution < 1.29 is 14.0 Å². The fraction of sp³-hybridized carbons (Fsp3) is 0.400. The van der Waals surface area contributed by atoms with Crippen molar-refractivity contribution in [3.05, 3.63) is 24.2 Å². The van der Waals surface area contributed by atoms with Crippen molar-refractivity contribution in [3.63, 3.8) is 0 Å². The summed E-state index contributed by atoms with van der Waals surface area (Å²) in [5, 5.41) is 0. The number of nitrogens with zero attached hydrogens (tertiary/aromatic N) is 1. The van der Waals surface area contributed by atoms with Crippen LogP contribution in [0.2, 0.25) is 0 Å². The quantitative estimate of drug-likeness (QED) is 0.723. The maximum absolute atomic E-state index is 11.5. The first-order valence-corrected chi connectivity index (χ1v) is 4.59. The maximum Gasteiger partial charge on any atom is 0.239 e. The van der Waals surface area contributed by atoms with Crippen molar-refractivity contribution in [2.24, 2.45) is 5.73 Å². The van der Waals surface area contributed by atoms with Gasteiger partial charge in [-0.2, -0.15) is 0 Å². The van der Waals surface area contributed by atoms with E-state index < -0.39 is 6.04 Å². The summed E-state index contributed by atoms with van der Waals surface area (Å²) in [7, 11) is 1.53. The molecule has 1 atom stereocenters. The van der Waals surface area contributed by atoms with E-state index in [1.54, 1.807) is 19.1 Å². The predicted molar refractivity (Wildman–Crippen MR) is 54.3 cm³/mol. The first-order valence-electron chi connectivity index (χ1n) is 4.59. The first kappa shape index (κ1) is 11.5. The lowest BCUT2D eigenvalue weighted by atomic mass is 10.2. The van der Waals surface area contributed by atoms with Gasteiger partial charge < -0.3 is 15.1 Å². The number of rotatable bonds is 4. The number of hydrogen-bond acceptors (Lipinski definition) is 4. The first-order chi connectivity index (χ1) is 7.02. The second-order valence-electron chi connectivity index (χ2n) is 3.38. The Labute approximate surface area is 87.8 Å². The van der Waals surface area contributed by atoms with E-state index in [-0.39, 0.29) is 24.0 Å². The monoisotopic (exact) mass is 210 g/mol. The molecule has 0 radical (unpaired) electrons. The third-order valence-electron chi connectivity index (χ3n) is 1.94. The molecule has 5 heteroatoms. The molecule has 0 saturated heterocycles. The Morgan fingerprint density at radius 3 is 2.73 bits per heavy atom. The van der Waals surface area contributed by atoms with Gasteiger partial charge in [-0.1, -0.05) is 0 Å². The van der Waals surface area contributed by atoms with Crippen LogP contribution in [-0.4, -0.2) is 36.2 Å². The van der Waals surface area contributed by atoms with Gasteiger partial charge in [-0.05, 0) is 19.1 Å². The molecular formula is C10H14N2O3. The van der Waals surface area contributed by atoms with Crippen molar-refractivity contribution in [1.82, 2.24) is 4.90 Å². The number of carbonyl (C=O) groups is 2. The Hall–Kier alpha value is -1.62. The highest BCUT2D eigenvalue weighted by molar-refractivity contribution is 5.97. The van der Waals surface area contributed by atoms with Crippen molar-refractivity contribution in [1.29, 1.82) is 0 Å². The SMILES string of the molecule is C[C@H](N)C(=O)N(C)CC(=O)c1ccco1. The topological polar surface area (TPSA) is 76.5 Å². The number of likely N-dealkylation sites (N-methyl/N-ethyl adjacent to an activating group) is 1. The lowest BCUT2D eigenvalue weighted by molar-refractivity contribution is -0.130. The van der Waals surface area contributed by atoms with Gasteiger partial charge >= 0.3 is 0 Å². The van der Waals surface area contributed by atoms with E-state index in [0.717, 1.165) is 0 Å². The standard InChI is InChI=1S/C10H14N2O3/c1-7(11)10(14)12(2)6-8(13)9-4-3-5-15-9/h3-5,7H,6,11H2,1-2H3/t7-/m0/s1. The number of nitrogens with two attached hydrogens (primary N) is 1.